The molecule has 1 fully saturated rings. The van der Waals surface area contributed by atoms with Crippen LogP contribution in [-0.4, -0.2) is 40.7 Å². The van der Waals surface area contributed by atoms with Gasteiger partial charge in [0, 0.05) is 13.1 Å². The van der Waals surface area contributed by atoms with Crippen LogP contribution < -0.4 is 0 Å². The van der Waals surface area contributed by atoms with Crippen LogP contribution in [0.25, 0.3) is 0 Å². The molecular weight excluding hydrogens is 230 g/mol. The van der Waals surface area contributed by atoms with Crippen molar-refractivity contribution >= 4 is 23.5 Å². The Morgan fingerprint density at radius 2 is 2.13 bits per heavy atom. The highest BCUT2D eigenvalue weighted by molar-refractivity contribution is 7.98. The van der Waals surface area contributed by atoms with Crippen LogP contribution in [0.2, 0.25) is 0 Å². The zero-order valence-electron chi connectivity index (χ0n) is 8.86. The van der Waals surface area contributed by atoms with E-state index in [0.29, 0.717) is 5.25 Å². The number of hydrogen-bond acceptors (Lipinski definition) is 3. The zero-order chi connectivity index (χ0) is 10.7. The molecule has 2 nitrogen and oxygen atoms in total. The standard InChI is InChI=1S/C11H16ClNOS/c1-11(12)5-3-2-4-10(11)15-13-6-8-14-9-7-13/h2-5,10H,6-9H2,1H3. The molecule has 0 aromatic heterocycles. The Labute approximate surface area is 100 Å². The summed E-state index contributed by atoms with van der Waals surface area (Å²) in [4.78, 5) is -0.266. The number of morpholine rings is 1. The van der Waals surface area contributed by atoms with Crippen LogP contribution >= 0.6 is 23.5 Å². The molecule has 0 amide bonds. The smallest absolute Gasteiger partial charge is 0.0767 e. The highest BCUT2D eigenvalue weighted by atomic mass is 35.5. The van der Waals surface area contributed by atoms with Gasteiger partial charge in [-0.3, -0.25) is 0 Å². The van der Waals surface area contributed by atoms with Crippen LogP contribution in [0.3, 0.4) is 0 Å². The minimum atomic E-state index is -0.266. The van der Waals surface area contributed by atoms with Crippen LogP contribution in [-0.2, 0) is 4.74 Å². The molecule has 0 aromatic carbocycles. The number of rotatable bonds is 2. The first kappa shape index (κ1) is 11.5. The predicted octanol–water partition coefficient (Wildman–Crippen LogP) is 2.46. The van der Waals surface area contributed by atoms with Crippen molar-refractivity contribution in [3.05, 3.63) is 24.3 Å². The molecule has 0 radical (unpaired) electrons. The van der Waals surface area contributed by atoms with Gasteiger partial charge in [0.15, 0.2) is 0 Å². The maximum Gasteiger partial charge on any atom is 0.0767 e. The highest BCUT2D eigenvalue weighted by Gasteiger charge is 2.31. The molecule has 4 heteroatoms. The van der Waals surface area contributed by atoms with Gasteiger partial charge in [-0.05, 0) is 6.92 Å². The van der Waals surface area contributed by atoms with Crippen molar-refractivity contribution in [1.29, 1.82) is 0 Å². The van der Waals surface area contributed by atoms with E-state index in [2.05, 4.69) is 29.5 Å². The summed E-state index contributed by atoms with van der Waals surface area (Å²) in [6.45, 7) is 5.71. The second kappa shape index (κ2) is 4.91. The average Bonchev–Trinajstić information content (AvgIpc) is 2.23. The molecule has 15 heavy (non-hydrogen) atoms. The van der Waals surface area contributed by atoms with Gasteiger partial charge in [-0.25, -0.2) is 4.31 Å². The fourth-order valence-electron chi connectivity index (χ4n) is 1.64. The molecule has 0 aromatic rings. The SMILES string of the molecule is CC1(Cl)C=CC=CC1SN1CCOCC1. The third-order valence-corrected chi connectivity index (χ3v) is 4.64. The van der Waals surface area contributed by atoms with Crippen LogP contribution in [0.15, 0.2) is 24.3 Å². The summed E-state index contributed by atoms with van der Waals surface area (Å²) in [6, 6.07) is 0. The normalized spacial score (nSPS) is 37.1. The Bertz CT molecular complexity index is 272. The molecule has 2 aliphatic rings. The van der Waals surface area contributed by atoms with Crippen LogP contribution in [0, 0.1) is 0 Å². The van der Waals surface area contributed by atoms with Gasteiger partial charge < -0.3 is 4.74 Å². The molecule has 2 atom stereocenters. The van der Waals surface area contributed by atoms with Gasteiger partial charge in [0.05, 0.1) is 23.3 Å². The lowest BCUT2D eigenvalue weighted by atomic mass is 10.0. The van der Waals surface area contributed by atoms with Crippen molar-refractivity contribution in [2.45, 2.75) is 17.0 Å². The van der Waals surface area contributed by atoms with E-state index in [1.807, 2.05) is 18.0 Å². The molecule has 0 bridgehead atoms. The summed E-state index contributed by atoms with van der Waals surface area (Å²) in [7, 11) is 0. The Morgan fingerprint density at radius 1 is 1.40 bits per heavy atom. The monoisotopic (exact) mass is 245 g/mol. The van der Waals surface area contributed by atoms with E-state index in [1.165, 1.54) is 0 Å². The van der Waals surface area contributed by atoms with Crippen molar-refractivity contribution < 1.29 is 4.74 Å². The molecule has 0 spiro atoms. The van der Waals surface area contributed by atoms with Crippen molar-refractivity contribution in [2.75, 3.05) is 26.3 Å². The molecule has 1 aliphatic carbocycles. The van der Waals surface area contributed by atoms with E-state index < -0.39 is 0 Å². The fourth-order valence-corrected chi connectivity index (χ4v) is 3.03. The summed E-state index contributed by atoms with van der Waals surface area (Å²) < 4.78 is 7.67. The molecule has 2 rings (SSSR count). The van der Waals surface area contributed by atoms with E-state index >= 15 is 0 Å². The van der Waals surface area contributed by atoms with Crippen molar-refractivity contribution in [3.63, 3.8) is 0 Å². The van der Waals surface area contributed by atoms with Crippen LogP contribution in [0.1, 0.15) is 6.92 Å². The van der Waals surface area contributed by atoms with Gasteiger partial charge in [0.25, 0.3) is 0 Å². The number of hydrogen-bond donors (Lipinski definition) is 0. The first-order chi connectivity index (χ1) is 7.18. The molecule has 1 saturated heterocycles. The van der Waals surface area contributed by atoms with E-state index in [-0.39, 0.29) is 4.87 Å². The number of ether oxygens (including phenoxy) is 1. The summed E-state index contributed by atoms with van der Waals surface area (Å²) in [5.74, 6) is 0. The molecule has 0 saturated carbocycles. The van der Waals surface area contributed by atoms with Crippen LogP contribution in [0.4, 0.5) is 0 Å². The van der Waals surface area contributed by atoms with Gasteiger partial charge in [-0.2, -0.15) is 0 Å². The van der Waals surface area contributed by atoms with Gasteiger partial charge >= 0.3 is 0 Å². The minimum Gasteiger partial charge on any atom is -0.379 e. The second-order valence-corrected chi connectivity index (χ2v) is 6.01. The average molecular weight is 246 g/mol. The zero-order valence-corrected chi connectivity index (χ0v) is 10.4. The molecule has 84 valence electrons. The topological polar surface area (TPSA) is 12.5 Å². The summed E-state index contributed by atoms with van der Waals surface area (Å²) in [5.41, 5.74) is 0. The lowest BCUT2D eigenvalue weighted by molar-refractivity contribution is 0.0771. The lowest BCUT2D eigenvalue weighted by Gasteiger charge is -2.34. The fraction of sp³-hybridized carbons (Fsp3) is 0.636. The Hall–Kier alpha value is 0.0400. The molecule has 1 aliphatic heterocycles. The van der Waals surface area contributed by atoms with Crippen molar-refractivity contribution in [1.82, 2.24) is 4.31 Å². The van der Waals surface area contributed by atoms with Crippen LogP contribution in [0.5, 0.6) is 0 Å². The molecule has 2 unspecified atom stereocenters. The number of alkyl halides is 1. The summed E-state index contributed by atoms with van der Waals surface area (Å²) in [6.07, 6.45) is 8.32. The van der Waals surface area contributed by atoms with E-state index in [4.69, 9.17) is 16.3 Å². The minimum absolute atomic E-state index is 0.266. The third kappa shape index (κ3) is 3.00. The van der Waals surface area contributed by atoms with Gasteiger partial charge in [0.2, 0.25) is 0 Å². The number of halogens is 1. The maximum atomic E-state index is 6.44. The lowest BCUT2D eigenvalue weighted by Crippen LogP contribution is -2.37. The Morgan fingerprint density at radius 3 is 2.80 bits per heavy atom. The van der Waals surface area contributed by atoms with Gasteiger partial charge in [0.1, 0.15) is 0 Å². The van der Waals surface area contributed by atoms with Crippen molar-refractivity contribution in [3.8, 4) is 0 Å². The third-order valence-electron chi connectivity index (χ3n) is 2.61. The molecule has 0 N–H and O–H groups in total. The quantitative estimate of drug-likeness (QED) is 0.548. The first-order valence-corrected chi connectivity index (χ1v) is 6.44. The van der Waals surface area contributed by atoms with Crippen molar-refractivity contribution in [2.24, 2.45) is 0 Å². The highest BCUT2D eigenvalue weighted by Crippen LogP contribution is 2.36. The summed E-state index contributed by atoms with van der Waals surface area (Å²) >= 11 is 8.27. The summed E-state index contributed by atoms with van der Waals surface area (Å²) in [5, 5.41) is 0.322. The Balaban J connectivity index is 1.93. The van der Waals surface area contributed by atoms with E-state index in [0.717, 1.165) is 26.3 Å². The largest absolute Gasteiger partial charge is 0.379 e. The second-order valence-electron chi connectivity index (χ2n) is 3.96. The van der Waals surface area contributed by atoms with E-state index in [1.54, 1.807) is 0 Å². The molecular formula is C11H16ClNOS. The maximum absolute atomic E-state index is 6.44. The Kier molecular flexibility index (Phi) is 3.78. The van der Waals surface area contributed by atoms with E-state index in [9.17, 15) is 0 Å². The predicted molar refractivity (Wildman–Crippen MR) is 66.3 cm³/mol. The molecule has 1 heterocycles. The number of nitrogens with zero attached hydrogens (tertiary/aromatic N) is 1. The first-order valence-electron chi connectivity index (χ1n) is 5.23. The number of allylic oxidation sites excluding steroid dienone is 3. The van der Waals surface area contributed by atoms with Gasteiger partial charge in [-0.1, -0.05) is 36.3 Å². The van der Waals surface area contributed by atoms with Gasteiger partial charge in [-0.15, -0.1) is 11.6 Å².